The van der Waals surface area contributed by atoms with E-state index in [1.54, 1.807) is 6.20 Å². The Morgan fingerprint density at radius 1 is 1.53 bits per heavy atom. The summed E-state index contributed by atoms with van der Waals surface area (Å²) in [5.41, 5.74) is 1.25. The van der Waals surface area contributed by atoms with Crippen LogP contribution >= 0.6 is 0 Å². The molecule has 1 saturated heterocycles. The highest BCUT2D eigenvalue weighted by atomic mass is 16.5. The Bertz CT molecular complexity index is 270. The van der Waals surface area contributed by atoms with Crippen molar-refractivity contribution in [2.45, 2.75) is 25.4 Å². The van der Waals surface area contributed by atoms with E-state index in [1.807, 2.05) is 12.3 Å². The molecule has 0 unspecified atom stereocenters. The first-order valence-corrected chi connectivity index (χ1v) is 5.66. The van der Waals surface area contributed by atoms with E-state index in [0.717, 1.165) is 26.1 Å². The van der Waals surface area contributed by atoms with Crippen LogP contribution < -0.4 is 5.32 Å². The normalized spacial score (nSPS) is 21.5. The molecule has 0 radical (unpaired) electrons. The molecule has 15 heavy (non-hydrogen) atoms. The molecule has 1 N–H and O–H groups in total. The number of pyridine rings is 1. The van der Waals surface area contributed by atoms with Gasteiger partial charge < -0.3 is 10.1 Å². The van der Waals surface area contributed by atoms with Gasteiger partial charge in [0.05, 0.1) is 12.7 Å². The average molecular weight is 206 g/mol. The second-order valence-corrected chi connectivity index (χ2v) is 3.95. The summed E-state index contributed by atoms with van der Waals surface area (Å²) in [5, 5.41) is 3.35. The molecule has 1 atom stereocenters. The third kappa shape index (κ3) is 3.61. The maximum Gasteiger partial charge on any atom is 0.0700 e. The molecule has 3 nitrogen and oxygen atoms in total. The lowest BCUT2D eigenvalue weighted by Gasteiger charge is -2.22. The van der Waals surface area contributed by atoms with Gasteiger partial charge in [0, 0.05) is 18.9 Å². The maximum absolute atomic E-state index is 5.80. The van der Waals surface area contributed by atoms with Crippen molar-refractivity contribution < 1.29 is 4.74 Å². The fourth-order valence-electron chi connectivity index (χ4n) is 1.85. The molecular weight excluding hydrogens is 188 g/mol. The number of nitrogens with one attached hydrogen (secondary N) is 1. The predicted molar refractivity (Wildman–Crippen MR) is 59.8 cm³/mol. The number of rotatable bonds is 4. The topological polar surface area (TPSA) is 34.1 Å². The molecule has 1 aromatic heterocycles. The van der Waals surface area contributed by atoms with Gasteiger partial charge in [0.25, 0.3) is 0 Å². The van der Waals surface area contributed by atoms with Crippen LogP contribution in [0.15, 0.2) is 24.5 Å². The van der Waals surface area contributed by atoms with E-state index in [-0.39, 0.29) is 0 Å². The summed E-state index contributed by atoms with van der Waals surface area (Å²) in [4.78, 5) is 4.08. The van der Waals surface area contributed by atoms with Crippen LogP contribution in [0.2, 0.25) is 0 Å². The van der Waals surface area contributed by atoms with Crippen LogP contribution in [0, 0.1) is 0 Å². The summed E-state index contributed by atoms with van der Waals surface area (Å²) in [5.74, 6) is 0. The highest BCUT2D eigenvalue weighted by molar-refractivity contribution is 5.08. The van der Waals surface area contributed by atoms with Gasteiger partial charge in [-0.05, 0) is 37.4 Å². The second-order valence-electron chi connectivity index (χ2n) is 3.95. The molecule has 1 aliphatic rings. The van der Waals surface area contributed by atoms with Crippen LogP contribution in [0.3, 0.4) is 0 Å². The smallest absolute Gasteiger partial charge is 0.0700 e. The first-order chi connectivity index (χ1) is 7.45. The molecule has 0 bridgehead atoms. The fraction of sp³-hybridized carbons (Fsp3) is 0.583. The van der Waals surface area contributed by atoms with Crippen molar-refractivity contribution in [1.29, 1.82) is 0 Å². The van der Waals surface area contributed by atoms with E-state index in [9.17, 15) is 0 Å². The average Bonchev–Trinajstić information content (AvgIpc) is 2.32. The van der Waals surface area contributed by atoms with Crippen LogP contribution in [0.1, 0.15) is 18.4 Å². The summed E-state index contributed by atoms with van der Waals surface area (Å²) < 4.78 is 5.80. The van der Waals surface area contributed by atoms with Crippen molar-refractivity contribution in [2.24, 2.45) is 0 Å². The van der Waals surface area contributed by atoms with Crippen molar-refractivity contribution in [2.75, 3.05) is 19.7 Å². The summed E-state index contributed by atoms with van der Waals surface area (Å²) in [6.45, 7) is 2.95. The molecular formula is C12H18N2O. The first-order valence-electron chi connectivity index (χ1n) is 5.66. The maximum atomic E-state index is 5.80. The monoisotopic (exact) mass is 206 g/mol. The van der Waals surface area contributed by atoms with Crippen molar-refractivity contribution in [1.82, 2.24) is 10.3 Å². The molecule has 0 aliphatic carbocycles. The third-order valence-corrected chi connectivity index (χ3v) is 2.72. The Balaban J connectivity index is 1.66. The van der Waals surface area contributed by atoms with Crippen molar-refractivity contribution >= 4 is 0 Å². The molecule has 3 heteroatoms. The highest BCUT2D eigenvalue weighted by Crippen LogP contribution is 2.07. The lowest BCUT2D eigenvalue weighted by atomic mass is 10.1. The number of hydrogen-bond donors (Lipinski definition) is 1. The van der Waals surface area contributed by atoms with Crippen LogP contribution in [0.5, 0.6) is 0 Å². The van der Waals surface area contributed by atoms with Gasteiger partial charge in [-0.1, -0.05) is 6.07 Å². The van der Waals surface area contributed by atoms with Crippen molar-refractivity contribution in [3.63, 3.8) is 0 Å². The molecule has 0 amide bonds. The molecule has 0 saturated carbocycles. The minimum atomic E-state index is 0.412. The summed E-state index contributed by atoms with van der Waals surface area (Å²) in [6, 6.07) is 4.06. The van der Waals surface area contributed by atoms with Crippen molar-refractivity contribution in [3.05, 3.63) is 30.1 Å². The predicted octanol–water partition coefficient (Wildman–Crippen LogP) is 1.39. The SMILES string of the molecule is c1cncc(CCO[C@H]2CCCNC2)c1. The quantitative estimate of drug-likeness (QED) is 0.808. The molecule has 0 aromatic carbocycles. The Labute approximate surface area is 90.9 Å². The van der Waals surface area contributed by atoms with Gasteiger partial charge in [0.15, 0.2) is 0 Å². The molecule has 2 heterocycles. The Kier molecular flexibility index (Phi) is 4.11. The van der Waals surface area contributed by atoms with Gasteiger partial charge >= 0.3 is 0 Å². The van der Waals surface area contributed by atoms with Gasteiger partial charge in [-0.2, -0.15) is 0 Å². The van der Waals surface area contributed by atoms with Crippen LogP contribution in [-0.4, -0.2) is 30.8 Å². The van der Waals surface area contributed by atoms with Gasteiger partial charge in [-0.15, -0.1) is 0 Å². The number of nitrogens with zero attached hydrogens (tertiary/aromatic N) is 1. The lowest BCUT2D eigenvalue weighted by molar-refractivity contribution is 0.0390. The standard InChI is InChI=1S/C12H18N2O/c1-3-11(9-13-6-1)5-8-15-12-4-2-7-14-10-12/h1,3,6,9,12,14H,2,4-5,7-8,10H2/t12-/m0/s1. The highest BCUT2D eigenvalue weighted by Gasteiger charge is 2.12. The molecule has 2 rings (SSSR count). The van der Waals surface area contributed by atoms with Gasteiger partial charge in [0.2, 0.25) is 0 Å². The number of ether oxygens (including phenoxy) is 1. The zero-order valence-corrected chi connectivity index (χ0v) is 8.98. The van der Waals surface area contributed by atoms with Gasteiger partial charge in [-0.25, -0.2) is 0 Å². The number of piperidine rings is 1. The van der Waals surface area contributed by atoms with E-state index in [4.69, 9.17) is 4.74 Å². The third-order valence-electron chi connectivity index (χ3n) is 2.72. The van der Waals surface area contributed by atoms with Gasteiger partial charge in [0.1, 0.15) is 0 Å². The molecule has 1 fully saturated rings. The summed E-state index contributed by atoms with van der Waals surface area (Å²) in [6.07, 6.45) is 7.51. The zero-order chi connectivity index (χ0) is 10.3. The minimum Gasteiger partial charge on any atom is -0.377 e. The van der Waals surface area contributed by atoms with E-state index in [1.165, 1.54) is 18.4 Å². The molecule has 82 valence electrons. The largest absolute Gasteiger partial charge is 0.377 e. The summed E-state index contributed by atoms with van der Waals surface area (Å²) >= 11 is 0. The van der Waals surface area contributed by atoms with Crippen LogP contribution in [-0.2, 0) is 11.2 Å². The Hall–Kier alpha value is -0.930. The van der Waals surface area contributed by atoms with E-state index >= 15 is 0 Å². The molecule has 1 aliphatic heterocycles. The summed E-state index contributed by atoms with van der Waals surface area (Å²) in [7, 11) is 0. The van der Waals surface area contributed by atoms with Crippen LogP contribution in [0.25, 0.3) is 0 Å². The minimum absolute atomic E-state index is 0.412. The van der Waals surface area contributed by atoms with Crippen molar-refractivity contribution in [3.8, 4) is 0 Å². The van der Waals surface area contributed by atoms with E-state index in [2.05, 4.69) is 16.4 Å². The van der Waals surface area contributed by atoms with Gasteiger partial charge in [-0.3, -0.25) is 4.98 Å². The van der Waals surface area contributed by atoms with E-state index in [0.29, 0.717) is 6.10 Å². The fourth-order valence-corrected chi connectivity index (χ4v) is 1.85. The zero-order valence-electron chi connectivity index (χ0n) is 8.98. The van der Waals surface area contributed by atoms with Crippen LogP contribution in [0.4, 0.5) is 0 Å². The Morgan fingerprint density at radius 2 is 2.53 bits per heavy atom. The number of hydrogen-bond acceptors (Lipinski definition) is 3. The molecule has 1 aromatic rings. The Morgan fingerprint density at radius 3 is 3.27 bits per heavy atom. The van der Waals surface area contributed by atoms with E-state index < -0.39 is 0 Å². The number of aromatic nitrogens is 1. The molecule has 0 spiro atoms. The second kappa shape index (κ2) is 5.83. The first kappa shape index (κ1) is 10.6. The lowest BCUT2D eigenvalue weighted by Crippen LogP contribution is -2.35.